The predicted molar refractivity (Wildman–Crippen MR) is 71.4 cm³/mol. The molecule has 3 saturated heterocycles. The number of morpholine rings is 1. The molecule has 3 rings (SSSR count). The van der Waals surface area contributed by atoms with Crippen molar-refractivity contribution in [3.05, 3.63) is 0 Å². The second kappa shape index (κ2) is 5.24. The monoisotopic (exact) mass is 282 g/mol. The number of amides is 2. The Kier molecular flexibility index (Phi) is 3.58. The van der Waals surface area contributed by atoms with Crippen LogP contribution >= 0.6 is 0 Å². The van der Waals surface area contributed by atoms with Crippen molar-refractivity contribution in [1.29, 1.82) is 0 Å². The number of ether oxygens (including phenoxy) is 1. The fourth-order valence-corrected chi connectivity index (χ4v) is 3.73. The normalized spacial score (nSPS) is 37.0. The van der Waals surface area contributed by atoms with E-state index in [9.17, 15) is 14.7 Å². The largest absolute Gasteiger partial charge is 0.480 e. The van der Waals surface area contributed by atoms with Crippen molar-refractivity contribution in [2.45, 2.75) is 50.9 Å². The molecule has 6 nitrogen and oxygen atoms in total. The summed E-state index contributed by atoms with van der Waals surface area (Å²) in [5.41, 5.74) is 0. The predicted octanol–water partition coefficient (Wildman–Crippen LogP) is 1.15. The summed E-state index contributed by atoms with van der Waals surface area (Å²) in [5.74, 6) is -0.871. The summed E-state index contributed by atoms with van der Waals surface area (Å²) in [7, 11) is 0. The van der Waals surface area contributed by atoms with E-state index in [0.29, 0.717) is 19.6 Å². The summed E-state index contributed by atoms with van der Waals surface area (Å²) in [6.45, 7) is 3.67. The first kappa shape index (κ1) is 13.7. The van der Waals surface area contributed by atoms with Crippen LogP contribution in [0.2, 0.25) is 0 Å². The number of hydrogen-bond donors (Lipinski definition) is 1. The highest BCUT2D eigenvalue weighted by Crippen LogP contribution is 2.29. The highest BCUT2D eigenvalue weighted by Gasteiger charge is 2.42. The molecule has 0 aliphatic carbocycles. The van der Waals surface area contributed by atoms with Crippen molar-refractivity contribution in [2.75, 3.05) is 19.6 Å². The zero-order valence-corrected chi connectivity index (χ0v) is 11.8. The number of fused-ring (bicyclic) bond motifs is 2. The summed E-state index contributed by atoms with van der Waals surface area (Å²) >= 11 is 0. The van der Waals surface area contributed by atoms with Crippen LogP contribution in [0.1, 0.15) is 32.6 Å². The van der Waals surface area contributed by atoms with Crippen molar-refractivity contribution < 1.29 is 19.4 Å². The lowest BCUT2D eigenvalue weighted by Crippen LogP contribution is -2.58. The number of rotatable bonds is 1. The van der Waals surface area contributed by atoms with Crippen molar-refractivity contribution in [2.24, 2.45) is 5.92 Å². The van der Waals surface area contributed by atoms with Crippen LogP contribution in [0.3, 0.4) is 0 Å². The van der Waals surface area contributed by atoms with E-state index in [-0.39, 0.29) is 24.2 Å². The van der Waals surface area contributed by atoms with Crippen LogP contribution in [-0.2, 0) is 9.53 Å². The van der Waals surface area contributed by atoms with E-state index >= 15 is 0 Å². The van der Waals surface area contributed by atoms with E-state index in [1.807, 2.05) is 6.92 Å². The number of likely N-dealkylation sites (tertiary alicyclic amines) is 2. The Labute approximate surface area is 118 Å². The Morgan fingerprint density at radius 1 is 1.15 bits per heavy atom. The highest BCUT2D eigenvalue weighted by atomic mass is 16.5. The molecule has 0 aromatic rings. The van der Waals surface area contributed by atoms with Gasteiger partial charge >= 0.3 is 12.0 Å². The maximum absolute atomic E-state index is 12.7. The molecule has 4 unspecified atom stereocenters. The van der Waals surface area contributed by atoms with Gasteiger partial charge in [0.1, 0.15) is 6.04 Å². The van der Waals surface area contributed by atoms with Crippen molar-refractivity contribution in [1.82, 2.24) is 9.80 Å². The fraction of sp³-hybridized carbons (Fsp3) is 0.857. The van der Waals surface area contributed by atoms with Gasteiger partial charge in [0.05, 0.1) is 12.2 Å². The number of hydrogen-bond acceptors (Lipinski definition) is 3. The topological polar surface area (TPSA) is 70.1 Å². The Morgan fingerprint density at radius 2 is 1.80 bits per heavy atom. The van der Waals surface area contributed by atoms with Crippen LogP contribution in [0.5, 0.6) is 0 Å². The standard InChI is InChI=1S/C14H22N2O4/c1-9-3-2-6-16(12(9)13(17)18)14(19)15-7-10-4-5-11(8-15)20-10/h9-12H,2-8H2,1H3,(H,17,18). The lowest BCUT2D eigenvalue weighted by Gasteiger charge is -2.42. The van der Waals surface area contributed by atoms with Gasteiger partial charge in [-0.05, 0) is 31.6 Å². The van der Waals surface area contributed by atoms with Crippen LogP contribution < -0.4 is 0 Å². The van der Waals surface area contributed by atoms with Crippen molar-refractivity contribution >= 4 is 12.0 Å². The average Bonchev–Trinajstić information content (AvgIpc) is 2.75. The minimum atomic E-state index is -0.887. The average molecular weight is 282 g/mol. The molecule has 1 N–H and O–H groups in total. The second-order valence-corrected chi connectivity index (χ2v) is 6.24. The lowest BCUT2D eigenvalue weighted by atomic mass is 9.91. The van der Waals surface area contributed by atoms with Crippen molar-refractivity contribution in [3.8, 4) is 0 Å². The number of piperidine rings is 1. The first-order valence-corrected chi connectivity index (χ1v) is 7.50. The zero-order valence-electron chi connectivity index (χ0n) is 11.8. The smallest absolute Gasteiger partial charge is 0.326 e. The molecular formula is C14H22N2O4. The summed E-state index contributed by atoms with van der Waals surface area (Å²) in [4.78, 5) is 27.5. The van der Waals surface area contributed by atoms with E-state index in [0.717, 1.165) is 25.7 Å². The van der Waals surface area contributed by atoms with Gasteiger partial charge in [0.15, 0.2) is 0 Å². The molecule has 0 spiro atoms. The molecule has 3 heterocycles. The van der Waals surface area contributed by atoms with Crippen LogP contribution in [0.25, 0.3) is 0 Å². The lowest BCUT2D eigenvalue weighted by molar-refractivity contribution is -0.145. The molecule has 2 bridgehead atoms. The number of carbonyl (C=O) groups is 2. The molecule has 3 aliphatic heterocycles. The Hall–Kier alpha value is -1.30. The van der Waals surface area contributed by atoms with Crippen LogP contribution in [-0.4, -0.2) is 64.8 Å². The number of carboxylic acid groups (broad SMARTS) is 1. The zero-order chi connectivity index (χ0) is 14.3. The third-order valence-corrected chi connectivity index (χ3v) is 4.75. The van der Waals surface area contributed by atoms with Gasteiger partial charge in [-0.3, -0.25) is 0 Å². The minimum Gasteiger partial charge on any atom is -0.480 e. The van der Waals surface area contributed by atoms with Crippen molar-refractivity contribution in [3.63, 3.8) is 0 Å². The van der Waals surface area contributed by atoms with Crippen LogP contribution in [0.15, 0.2) is 0 Å². The van der Waals surface area contributed by atoms with E-state index in [1.54, 1.807) is 9.80 Å². The molecule has 2 amide bonds. The molecule has 0 aromatic heterocycles. The maximum atomic E-state index is 12.7. The molecule has 0 aromatic carbocycles. The second-order valence-electron chi connectivity index (χ2n) is 6.24. The van der Waals surface area contributed by atoms with E-state index in [2.05, 4.69) is 0 Å². The van der Waals surface area contributed by atoms with E-state index < -0.39 is 12.0 Å². The Bertz CT molecular complexity index is 402. The van der Waals surface area contributed by atoms with Gasteiger partial charge < -0.3 is 19.6 Å². The molecule has 3 fully saturated rings. The quantitative estimate of drug-likeness (QED) is 0.783. The van der Waals surface area contributed by atoms with Gasteiger partial charge in [-0.2, -0.15) is 0 Å². The van der Waals surface area contributed by atoms with E-state index in [4.69, 9.17) is 4.74 Å². The molecule has 0 saturated carbocycles. The third-order valence-electron chi connectivity index (χ3n) is 4.75. The molecule has 0 radical (unpaired) electrons. The summed E-state index contributed by atoms with van der Waals surface area (Å²) in [6, 6.07) is -0.805. The van der Waals surface area contributed by atoms with Gasteiger partial charge in [-0.15, -0.1) is 0 Å². The highest BCUT2D eigenvalue weighted by molar-refractivity contribution is 5.83. The number of carbonyl (C=O) groups excluding carboxylic acids is 1. The number of nitrogens with zero attached hydrogens (tertiary/aromatic N) is 2. The van der Waals surface area contributed by atoms with Crippen LogP contribution in [0, 0.1) is 5.92 Å². The molecule has 3 aliphatic rings. The number of carboxylic acids is 1. The van der Waals surface area contributed by atoms with Gasteiger partial charge in [0.25, 0.3) is 0 Å². The van der Waals surface area contributed by atoms with E-state index in [1.165, 1.54) is 0 Å². The first-order chi connectivity index (χ1) is 9.56. The van der Waals surface area contributed by atoms with Gasteiger partial charge in [-0.25, -0.2) is 9.59 Å². The molecule has 4 atom stereocenters. The van der Waals surface area contributed by atoms with Gasteiger partial charge in [0.2, 0.25) is 0 Å². The number of aliphatic carboxylic acids is 1. The molecule has 112 valence electrons. The Balaban J connectivity index is 1.73. The fourth-order valence-electron chi connectivity index (χ4n) is 3.73. The molecular weight excluding hydrogens is 260 g/mol. The first-order valence-electron chi connectivity index (χ1n) is 7.50. The van der Waals surface area contributed by atoms with Gasteiger partial charge in [0, 0.05) is 19.6 Å². The summed E-state index contributed by atoms with van der Waals surface area (Å²) in [5, 5.41) is 9.41. The number of urea groups is 1. The minimum absolute atomic E-state index is 0.0166. The van der Waals surface area contributed by atoms with Crippen LogP contribution in [0.4, 0.5) is 4.79 Å². The van der Waals surface area contributed by atoms with Gasteiger partial charge in [-0.1, -0.05) is 6.92 Å². The summed E-state index contributed by atoms with van der Waals surface area (Å²) < 4.78 is 5.73. The molecule has 6 heteroatoms. The molecule has 20 heavy (non-hydrogen) atoms. The SMILES string of the molecule is CC1CCCN(C(=O)N2CC3CCC(C2)O3)C1C(=O)O. The maximum Gasteiger partial charge on any atom is 0.326 e. The third kappa shape index (κ3) is 2.37. The Morgan fingerprint density at radius 3 is 2.40 bits per heavy atom. The summed E-state index contributed by atoms with van der Waals surface area (Å²) in [6.07, 6.45) is 4.05.